The number of carbonyl (C=O) groups is 1. The zero-order valence-corrected chi connectivity index (χ0v) is 14.6. The van der Waals surface area contributed by atoms with E-state index in [1.807, 2.05) is 25.1 Å². The summed E-state index contributed by atoms with van der Waals surface area (Å²) in [5.41, 5.74) is 2.65. The van der Waals surface area contributed by atoms with Gasteiger partial charge in [0, 0.05) is 6.42 Å². The summed E-state index contributed by atoms with van der Waals surface area (Å²) in [6.07, 6.45) is 0.540. The van der Waals surface area contributed by atoms with E-state index in [2.05, 4.69) is 16.0 Å². The van der Waals surface area contributed by atoms with E-state index in [4.69, 9.17) is 4.74 Å². The first-order valence-corrected chi connectivity index (χ1v) is 8.56. The van der Waals surface area contributed by atoms with Crippen molar-refractivity contribution < 1.29 is 9.53 Å². The van der Waals surface area contributed by atoms with Crippen molar-refractivity contribution in [3.05, 3.63) is 62.0 Å². The van der Waals surface area contributed by atoms with Crippen molar-refractivity contribution in [2.75, 3.05) is 6.61 Å². The van der Waals surface area contributed by atoms with Crippen molar-refractivity contribution in [3.63, 3.8) is 0 Å². The highest BCUT2D eigenvalue weighted by molar-refractivity contribution is 7.20. The molecular formula is C18H18N2O3S. The van der Waals surface area contributed by atoms with Crippen molar-refractivity contribution in [2.45, 2.75) is 27.2 Å². The standard InChI is InChI=1S/C18H18N2O3S/c1-4-23-18(22)15-11(3)14-16(21)19-13(20-17(14)24-15)9-12-7-5-6-10(2)8-12/h5-8H,4,9H2,1-3H3,(H,19,20,21). The van der Waals surface area contributed by atoms with Crippen LogP contribution < -0.4 is 5.56 Å². The van der Waals surface area contributed by atoms with Crippen molar-refractivity contribution >= 4 is 27.5 Å². The van der Waals surface area contributed by atoms with E-state index in [-0.39, 0.29) is 5.56 Å². The Morgan fingerprint density at radius 2 is 2.12 bits per heavy atom. The second-order valence-corrected chi connectivity index (χ2v) is 6.63. The molecule has 0 aliphatic rings. The van der Waals surface area contributed by atoms with E-state index in [0.29, 0.717) is 39.5 Å². The first-order chi connectivity index (χ1) is 11.5. The number of esters is 1. The summed E-state index contributed by atoms with van der Waals surface area (Å²) in [5, 5.41) is 0.469. The highest BCUT2D eigenvalue weighted by Crippen LogP contribution is 2.27. The molecule has 1 aromatic carbocycles. The molecule has 0 radical (unpaired) electrons. The lowest BCUT2D eigenvalue weighted by atomic mass is 10.1. The molecule has 5 nitrogen and oxygen atoms in total. The van der Waals surface area contributed by atoms with Crippen LogP contribution in [0.3, 0.4) is 0 Å². The fourth-order valence-corrected chi connectivity index (χ4v) is 3.77. The summed E-state index contributed by atoms with van der Waals surface area (Å²) in [6.45, 7) is 5.83. The van der Waals surface area contributed by atoms with Gasteiger partial charge in [-0.25, -0.2) is 9.78 Å². The van der Waals surface area contributed by atoms with E-state index in [1.165, 1.54) is 11.3 Å². The number of carbonyl (C=O) groups excluding carboxylic acids is 1. The Kier molecular flexibility index (Phi) is 4.49. The van der Waals surface area contributed by atoms with Crippen LogP contribution >= 0.6 is 11.3 Å². The van der Waals surface area contributed by atoms with Gasteiger partial charge in [-0.3, -0.25) is 4.79 Å². The number of nitrogens with zero attached hydrogens (tertiary/aromatic N) is 1. The largest absolute Gasteiger partial charge is 0.462 e. The zero-order valence-electron chi connectivity index (χ0n) is 13.8. The molecule has 0 saturated heterocycles. The molecule has 1 N–H and O–H groups in total. The minimum Gasteiger partial charge on any atom is -0.462 e. The van der Waals surface area contributed by atoms with Gasteiger partial charge in [0.05, 0.1) is 12.0 Å². The monoisotopic (exact) mass is 342 g/mol. The summed E-state index contributed by atoms with van der Waals surface area (Å²) in [5.74, 6) is 0.187. The summed E-state index contributed by atoms with van der Waals surface area (Å²) in [4.78, 5) is 32.8. The number of rotatable bonds is 4. The maximum Gasteiger partial charge on any atom is 0.348 e. The molecule has 2 aromatic heterocycles. The van der Waals surface area contributed by atoms with E-state index in [1.54, 1.807) is 13.8 Å². The Bertz CT molecular complexity index is 972. The van der Waals surface area contributed by atoms with Crippen LogP contribution in [-0.4, -0.2) is 22.5 Å². The van der Waals surface area contributed by atoms with Gasteiger partial charge >= 0.3 is 5.97 Å². The Morgan fingerprint density at radius 3 is 2.83 bits per heavy atom. The van der Waals surface area contributed by atoms with Gasteiger partial charge in [0.2, 0.25) is 0 Å². The van der Waals surface area contributed by atoms with Crippen LogP contribution in [0.5, 0.6) is 0 Å². The Hall–Kier alpha value is -2.47. The lowest BCUT2D eigenvalue weighted by molar-refractivity contribution is 0.0531. The molecule has 6 heteroatoms. The van der Waals surface area contributed by atoms with Gasteiger partial charge in [0.15, 0.2) is 0 Å². The number of aryl methyl sites for hydroxylation is 2. The van der Waals surface area contributed by atoms with Crippen LogP contribution in [0.2, 0.25) is 0 Å². The smallest absolute Gasteiger partial charge is 0.348 e. The average molecular weight is 342 g/mol. The predicted molar refractivity (Wildman–Crippen MR) is 94.9 cm³/mol. The van der Waals surface area contributed by atoms with Gasteiger partial charge in [-0.05, 0) is 31.9 Å². The summed E-state index contributed by atoms with van der Waals surface area (Å²) in [6, 6.07) is 8.07. The van der Waals surface area contributed by atoms with Crippen LogP contribution in [0.4, 0.5) is 0 Å². The second kappa shape index (κ2) is 6.57. The third-order valence-corrected chi connectivity index (χ3v) is 4.93. The zero-order chi connectivity index (χ0) is 17.3. The van der Waals surface area contributed by atoms with Crippen LogP contribution in [0.1, 0.15) is 39.1 Å². The lowest BCUT2D eigenvalue weighted by Gasteiger charge is -2.03. The van der Waals surface area contributed by atoms with Crippen molar-refractivity contribution in [1.82, 2.24) is 9.97 Å². The average Bonchev–Trinajstić information content (AvgIpc) is 2.85. The van der Waals surface area contributed by atoms with Crippen LogP contribution in [-0.2, 0) is 11.2 Å². The molecule has 2 heterocycles. The van der Waals surface area contributed by atoms with Crippen molar-refractivity contribution in [3.8, 4) is 0 Å². The van der Waals surface area contributed by atoms with E-state index in [9.17, 15) is 9.59 Å². The number of H-pyrrole nitrogens is 1. The molecule has 124 valence electrons. The number of hydrogen-bond donors (Lipinski definition) is 1. The van der Waals surface area contributed by atoms with Crippen LogP contribution in [0.15, 0.2) is 29.1 Å². The summed E-state index contributed by atoms with van der Waals surface area (Å²) < 4.78 is 5.05. The van der Waals surface area contributed by atoms with Gasteiger partial charge in [0.1, 0.15) is 15.5 Å². The first-order valence-electron chi connectivity index (χ1n) is 7.74. The molecule has 0 unspecified atom stereocenters. The third kappa shape index (κ3) is 3.10. The number of ether oxygens (including phenoxy) is 1. The molecule has 3 rings (SSSR count). The van der Waals surface area contributed by atoms with Gasteiger partial charge in [0.25, 0.3) is 5.56 Å². The molecule has 0 bridgehead atoms. The highest BCUT2D eigenvalue weighted by Gasteiger charge is 2.20. The molecule has 24 heavy (non-hydrogen) atoms. The van der Waals surface area contributed by atoms with Crippen LogP contribution in [0.25, 0.3) is 10.2 Å². The minimum atomic E-state index is -0.405. The SMILES string of the molecule is CCOC(=O)c1sc2nc(Cc3cccc(C)c3)[nH]c(=O)c2c1C. The molecule has 0 saturated carbocycles. The molecule has 0 spiro atoms. The Morgan fingerprint density at radius 1 is 1.33 bits per heavy atom. The van der Waals surface area contributed by atoms with Gasteiger partial charge in [-0.1, -0.05) is 29.8 Å². The molecule has 3 aromatic rings. The van der Waals surface area contributed by atoms with Crippen molar-refractivity contribution in [2.24, 2.45) is 0 Å². The predicted octanol–water partition coefficient (Wildman–Crippen LogP) is 3.37. The van der Waals surface area contributed by atoms with E-state index >= 15 is 0 Å². The minimum absolute atomic E-state index is 0.216. The maximum atomic E-state index is 12.4. The molecular weight excluding hydrogens is 324 g/mol. The quantitative estimate of drug-likeness (QED) is 0.738. The Balaban J connectivity index is 2.04. The Labute approximate surface area is 143 Å². The second-order valence-electron chi connectivity index (χ2n) is 5.64. The fourth-order valence-electron chi connectivity index (χ4n) is 2.68. The number of fused-ring (bicyclic) bond motifs is 1. The van der Waals surface area contributed by atoms with E-state index in [0.717, 1.165) is 11.1 Å². The molecule has 0 atom stereocenters. The maximum absolute atomic E-state index is 12.4. The van der Waals surface area contributed by atoms with Gasteiger partial charge in [-0.15, -0.1) is 11.3 Å². The topological polar surface area (TPSA) is 72.0 Å². The molecule has 0 aliphatic carbocycles. The number of nitrogens with one attached hydrogen (secondary N) is 1. The van der Waals surface area contributed by atoms with Gasteiger partial charge < -0.3 is 9.72 Å². The number of benzene rings is 1. The van der Waals surface area contributed by atoms with E-state index < -0.39 is 5.97 Å². The number of aromatic nitrogens is 2. The first kappa shape index (κ1) is 16.4. The summed E-state index contributed by atoms with van der Waals surface area (Å²) in [7, 11) is 0. The summed E-state index contributed by atoms with van der Waals surface area (Å²) >= 11 is 1.21. The van der Waals surface area contributed by atoms with Gasteiger partial charge in [-0.2, -0.15) is 0 Å². The van der Waals surface area contributed by atoms with Crippen LogP contribution in [0, 0.1) is 13.8 Å². The molecule has 0 amide bonds. The molecule has 0 fully saturated rings. The normalized spacial score (nSPS) is 11.0. The number of thiophene rings is 1. The fraction of sp³-hybridized carbons (Fsp3) is 0.278. The van der Waals surface area contributed by atoms with Crippen molar-refractivity contribution in [1.29, 1.82) is 0 Å². The highest BCUT2D eigenvalue weighted by atomic mass is 32.1. The molecule has 0 aliphatic heterocycles. The number of hydrogen-bond acceptors (Lipinski definition) is 5. The number of aromatic amines is 1. The lowest BCUT2D eigenvalue weighted by Crippen LogP contribution is -2.12. The third-order valence-electron chi connectivity index (χ3n) is 3.76.